The third kappa shape index (κ3) is 3.67. The zero-order valence-corrected chi connectivity index (χ0v) is 10.7. The van der Waals surface area contributed by atoms with E-state index in [0.717, 1.165) is 18.9 Å². The fourth-order valence-electron chi connectivity index (χ4n) is 1.07. The average molecular weight is 276 g/mol. The SMILES string of the molecule is CN=C(NC)NCCc1ccc(Br)s1. The Morgan fingerprint density at radius 2 is 2.36 bits per heavy atom. The standard InChI is InChI=1S/C9H14BrN3S/c1-11-9(12-2)13-6-5-7-3-4-8(10)14-7/h3-4H,5-6H2,1-2H3,(H2,11,12,13). The molecule has 0 aromatic carbocycles. The van der Waals surface area contributed by atoms with Crippen LogP contribution in [-0.4, -0.2) is 26.6 Å². The Hall–Kier alpha value is -0.550. The quantitative estimate of drug-likeness (QED) is 0.653. The molecule has 14 heavy (non-hydrogen) atoms. The average Bonchev–Trinajstić information content (AvgIpc) is 2.59. The zero-order valence-electron chi connectivity index (χ0n) is 8.30. The molecule has 0 saturated carbocycles. The highest BCUT2D eigenvalue weighted by molar-refractivity contribution is 9.11. The fraction of sp³-hybridized carbons (Fsp3) is 0.444. The first-order valence-electron chi connectivity index (χ1n) is 4.39. The Morgan fingerprint density at radius 3 is 2.86 bits per heavy atom. The minimum absolute atomic E-state index is 0.834. The van der Waals surface area contributed by atoms with Crippen LogP contribution in [0.25, 0.3) is 0 Å². The van der Waals surface area contributed by atoms with Crippen LogP contribution in [0.5, 0.6) is 0 Å². The van der Waals surface area contributed by atoms with Crippen molar-refractivity contribution in [2.45, 2.75) is 6.42 Å². The van der Waals surface area contributed by atoms with Crippen molar-refractivity contribution in [2.24, 2.45) is 4.99 Å². The molecule has 0 atom stereocenters. The normalized spacial score (nSPS) is 11.5. The second-order valence-corrected chi connectivity index (χ2v) is 5.25. The summed E-state index contributed by atoms with van der Waals surface area (Å²) in [4.78, 5) is 5.40. The van der Waals surface area contributed by atoms with Gasteiger partial charge in [-0.15, -0.1) is 11.3 Å². The topological polar surface area (TPSA) is 36.4 Å². The van der Waals surface area contributed by atoms with Crippen molar-refractivity contribution in [2.75, 3.05) is 20.6 Å². The number of halogens is 1. The van der Waals surface area contributed by atoms with Gasteiger partial charge in [-0.05, 0) is 34.5 Å². The van der Waals surface area contributed by atoms with E-state index >= 15 is 0 Å². The highest BCUT2D eigenvalue weighted by Crippen LogP contribution is 2.21. The number of thiophene rings is 1. The third-order valence-electron chi connectivity index (χ3n) is 1.75. The van der Waals surface area contributed by atoms with Gasteiger partial charge in [0.2, 0.25) is 0 Å². The lowest BCUT2D eigenvalue weighted by Gasteiger charge is -2.06. The van der Waals surface area contributed by atoms with Gasteiger partial charge in [-0.2, -0.15) is 0 Å². The molecule has 0 aliphatic heterocycles. The molecule has 5 heteroatoms. The summed E-state index contributed by atoms with van der Waals surface area (Å²) in [5.41, 5.74) is 0. The van der Waals surface area contributed by atoms with Gasteiger partial charge in [0.25, 0.3) is 0 Å². The summed E-state index contributed by atoms with van der Waals surface area (Å²) in [5, 5.41) is 6.18. The maximum absolute atomic E-state index is 4.03. The summed E-state index contributed by atoms with van der Waals surface area (Å²) in [6, 6.07) is 4.21. The molecule has 1 aromatic heterocycles. The van der Waals surface area contributed by atoms with Gasteiger partial charge < -0.3 is 10.6 Å². The smallest absolute Gasteiger partial charge is 0.190 e. The Labute approximate surface area is 96.8 Å². The Bertz CT molecular complexity index is 309. The lowest BCUT2D eigenvalue weighted by Crippen LogP contribution is -2.35. The molecule has 0 saturated heterocycles. The highest BCUT2D eigenvalue weighted by atomic mass is 79.9. The molecule has 0 aliphatic rings. The van der Waals surface area contributed by atoms with E-state index in [0.29, 0.717) is 0 Å². The number of hydrogen-bond donors (Lipinski definition) is 2. The van der Waals surface area contributed by atoms with Crippen molar-refractivity contribution >= 4 is 33.2 Å². The first-order valence-corrected chi connectivity index (χ1v) is 6.00. The summed E-state index contributed by atoms with van der Waals surface area (Å²) in [6.45, 7) is 0.903. The first kappa shape index (κ1) is 11.5. The first-order chi connectivity index (χ1) is 6.76. The number of nitrogens with one attached hydrogen (secondary N) is 2. The van der Waals surface area contributed by atoms with Crippen LogP contribution >= 0.6 is 27.3 Å². The van der Waals surface area contributed by atoms with Crippen molar-refractivity contribution in [3.8, 4) is 0 Å². The Balaban J connectivity index is 2.28. The van der Waals surface area contributed by atoms with Gasteiger partial charge in [0.1, 0.15) is 0 Å². The molecule has 0 aliphatic carbocycles. The molecule has 0 bridgehead atoms. The number of rotatable bonds is 3. The van der Waals surface area contributed by atoms with E-state index in [-0.39, 0.29) is 0 Å². The predicted molar refractivity (Wildman–Crippen MR) is 66.1 cm³/mol. The molecule has 2 N–H and O–H groups in total. The molecular formula is C9H14BrN3S. The molecule has 1 rings (SSSR count). The van der Waals surface area contributed by atoms with Crippen LogP contribution in [0.3, 0.4) is 0 Å². The lowest BCUT2D eigenvalue weighted by molar-refractivity contribution is 0.842. The van der Waals surface area contributed by atoms with E-state index in [1.807, 2.05) is 7.05 Å². The Morgan fingerprint density at radius 1 is 1.57 bits per heavy atom. The predicted octanol–water partition coefficient (Wildman–Crippen LogP) is 1.85. The Kier molecular flexibility index (Phi) is 4.97. The van der Waals surface area contributed by atoms with E-state index in [1.165, 1.54) is 8.66 Å². The van der Waals surface area contributed by atoms with Gasteiger partial charge in [0.05, 0.1) is 3.79 Å². The largest absolute Gasteiger partial charge is 0.359 e. The van der Waals surface area contributed by atoms with Crippen LogP contribution in [-0.2, 0) is 6.42 Å². The van der Waals surface area contributed by atoms with Crippen LogP contribution in [0.1, 0.15) is 4.88 Å². The van der Waals surface area contributed by atoms with Gasteiger partial charge in [-0.25, -0.2) is 0 Å². The van der Waals surface area contributed by atoms with Gasteiger partial charge in [0, 0.05) is 25.5 Å². The summed E-state index contributed by atoms with van der Waals surface area (Å²) in [5.74, 6) is 0.834. The van der Waals surface area contributed by atoms with E-state index in [4.69, 9.17) is 0 Å². The van der Waals surface area contributed by atoms with E-state index in [9.17, 15) is 0 Å². The molecule has 0 fully saturated rings. The van der Waals surface area contributed by atoms with Crippen LogP contribution in [0.4, 0.5) is 0 Å². The van der Waals surface area contributed by atoms with Crippen LogP contribution in [0.2, 0.25) is 0 Å². The second-order valence-electron chi connectivity index (χ2n) is 2.70. The van der Waals surface area contributed by atoms with E-state index < -0.39 is 0 Å². The maximum Gasteiger partial charge on any atom is 0.190 e. The summed E-state index contributed by atoms with van der Waals surface area (Å²) < 4.78 is 1.19. The molecule has 78 valence electrons. The molecular weight excluding hydrogens is 262 g/mol. The third-order valence-corrected chi connectivity index (χ3v) is 3.44. The molecule has 0 unspecified atom stereocenters. The summed E-state index contributed by atoms with van der Waals surface area (Å²) in [7, 11) is 3.62. The molecule has 3 nitrogen and oxygen atoms in total. The lowest BCUT2D eigenvalue weighted by atomic mass is 10.3. The number of nitrogens with zero attached hydrogens (tertiary/aromatic N) is 1. The molecule has 1 heterocycles. The van der Waals surface area contributed by atoms with Crippen molar-refractivity contribution in [1.82, 2.24) is 10.6 Å². The van der Waals surface area contributed by atoms with Crippen molar-refractivity contribution < 1.29 is 0 Å². The van der Waals surface area contributed by atoms with Crippen molar-refractivity contribution in [3.05, 3.63) is 20.8 Å². The minimum atomic E-state index is 0.834. The summed E-state index contributed by atoms with van der Waals surface area (Å²) >= 11 is 5.21. The van der Waals surface area contributed by atoms with Gasteiger partial charge >= 0.3 is 0 Å². The van der Waals surface area contributed by atoms with Gasteiger partial charge in [0.15, 0.2) is 5.96 Å². The number of aliphatic imine (C=N–C) groups is 1. The monoisotopic (exact) mass is 275 g/mol. The highest BCUT2D eigenvalue weighted by Gasteiger charge is 1.98. The minimum Gasteiger partial charge on any atom is -0.359 e. The van der Waals surface area contributed by atoms with Crippen LogP contribution in [0.15, 0.2) is 20.9 Å². The van der Waals surface area contributed by atoms with Crippen LogP contribution < -0.4 is 10.6 Å². The molecule has 1 aromatic rings. The van der Waals surface area contributed by atoms with Crippen molar-refractivity contribution in [3.63, 3.8) is 0 Å². The maximum atomic E-state index is 4.03. The molecule has 0 amide bonds. The van der Waals surface area contributed by atoms with E-state index in [1.54, 1.807) is 18.4 Å². The van der Waals surface area contributed by atoms with Gasteiger partial charge in [-0.1, -0.05) is 0 Å². The number of guanidine groups is 1. The van der Waals surface area contributed by atoms with Crippen LogP contribution in [0, 0.1) is 0 Å². The summed E-state index contributed by atoms with van der Waals surface area (Å²) in [6.07, 6.45) is 1.02. The molecule has 0 spiro atoms. The van der Waals surface area contributed by atoms with Gasteiger partial charge in [-0.3, -0.25) is 4.99 Å². The van der Waals surface area contributed by atoms with Crippen molar-refractivity contribution in [1.29, 1.82) is 0 Å². The second kappa shape index (κ2) is 6.03. The number of hydrogen-bond acceptors (Lipinski definition) is 2. The fourth-order valence-corrected chi connectivity index (χ4v) is 2.55. The molecule has 0 radical (unpaired) electrons. The van der Waals surface area contributed by atoms with E-state index in [2.05, 4.69) is 43.7 Å². The zero-order chi connectivity index (χ0) is 10.4.